The molecule has 2 aromatic rings. The van der Waals surface area contributed by atoms with E-state index >= 15 is 0 Å². The van der Waals surface area contributed by atoms with Crippen molar-refractivity contribution >= 4 is 53.8 Å². The summed E-state index contributed by atoms with van der Waals surface area (Å²) in [7, 11) is 0. The summed E-state index contributed by atoms with van der Waals surface area (Å²) in [4.78, 5) is 26.2. The van der Waals surface area contributed by atoms with Crippen LogP contribution in [0.25, 0.3) is 17.1 Å². The normalized spacial score (nSPS) is 24.1. The number of hydrogen-bond acceptors (Lipinski definition) is 5. The summed E-state index contributed by atoms with van der Waals surface area (Å²) in [5.41, 5.74) is 2.10. The third-order valence-electron chi connectivity index (χ3n) is 4.18. The highest BCUT2D eigenvalue weighted by atomic mass is 35.5. The van der Waals surface area contributed by atoms with Crippen LogP contribution in [0.1, 0.15) is 19.4 Å². The zero-order valence-electron chi connectivity index (χ0n) is 14.4. The van der Waals surface area contributed by atoms with Crippen LogP contribution in [0.5, 0.6) is 0 Å². The van der Waals surface area contributed by atoms with Crippen molar-refractivity contribution in [3.8, 4) is 0 Å². The number of morpholine rings is 1. The van der Waals surface area contributed by atoms with Crippen LogP contribution in [0.2, 0.25) is 0 Å². The molecule has 4 heterocycles. The van der Waals surface area contributed by atoms with Gasteiger partial charge >= 0.3 is 0 Å². The number of aromatic amines is 1. The summed E-state index contributed by atoms with van der Waals surface area (Å²) >= 11 is 0. The van der Waals surface area contributed by atoms with Crippen LogP contribution in [-0.2, 0) is 9.53 Å². The Kier molecular flexibility index (Phi) is 6.28. The predicted molar refractivity (Wildman–Crippen MR) is 106 cm³/mol. The fourth-order valence-corrected chi connectivity index (χ4v) is 3.20. The van der Waals surface area contributed by atoms with Crippen molar-refractivity contribution in [2.24, 2.45) is 4.99 Å². The highest BCUT2D eigenvalue weighted by Gasteiger charge is 2.30. The number of rotatable bonds is 1. The number of aromatic nitrogens is 2. The molecule has 2 aliphatic rings. The molecule has 1 saturated heterocycles. The van der Waals surface area contributed by atoms with E-state index in [4.69, 9.17) is 4.74 Å². The van der Waals surface area contributed by atoms with E-state index in [1.54, 1.807) is 12.3 Å². The van der Waals surface area contributed by atoms with Crippen LogP contribution < -0.4 is 5.32 Å². The maximum Gasteiger partial charge on any atom is 0.276 e. The molecule has 2 unspecified atom stereocenters. The van der Waals surface area contributed by atoms with Gasteiger partial charge in [-0.1, -0.05) is 0 Å². The molecule has 2 aliphatic heterocycles. The summed E-state index contributed by atoms with van der Waals surface area (Å²) in [5, 5.41) is 3.83. The Balaban J connectivity index is 0.00000121. The SMILES string of the molecule is CC1CN(C2=NC(=Cc3c[nH]c4ncccc34)C(=O)N2)CC(C)O1.Cl.Cl. The minimum atomic E-state index is -0.185. The van der Waals surface area contributed by atoms with Crippen LogP contribution in [0.4, 0.5) is 0 Å². The maximum atomic E-state index is 12.3. The number of fused-ring (bicyclic) bond motifs is 1. The van der Waals surface area contributed by atoms with Crippen molar-refractivity contribution in [3.63, 3.8) is 0 Å². The molecule has 0 saturated carbocycles. The van der Waals surface area contributed by atoms with Gasteiger partial charge in [-0.25, -0.2) is 9.98 Å². The Morgan fingerprint density at radius 3 is 2.73 bits per heavy atom. The summed E-state index contributed by atoms with van der Waals surface area (Å²) in [6, 6.07) is 3.84. The molecule has 1 fully saturated rings. The molecule has 0 spiro atoms. The number of hydrogen-bond donors (Lipinski definition) is 2. The number of pyridine rings is 1. The van der Waals surface area contributed by atoms with Crippen molar-refractivity contribution in [1.29, 1.82) is 0 Å². The Bertz CT molecular complexity index is 854. The quantitative estimate of drug-likeness (QED) is 0.723. The number of ether oxygens (including phenoxy) is 1. The van der Waals surface area contributed by atoms with Crippen LogP contribution >= 0.6 is 24.8 Å². The molecule has 0 aromatic carbocycles. The molecule has 0 aliphatic carbocycles. The Morgan fingerprint density at radius 2 is 2.00 bits per heavy atom. The first-order valence-electron chi connectivity index (χ1n) is 8.04. The first-order valence-corrected chi connectivity index (χ1v) is 8.04. The number of aliphatic imine (C=N–C) groups is 1. The van der Waals surface area contributed by atoms with Gasteiger partial charge in [-0.2, -0.15) is 0 Å². The topological polar surface area (TPSA) is 82.6 Å². The summed E-state index contributed by atoms with van der Waals surface area (Å²) in [5.74, 6) is 0.418. The molecule has 9 heteroatoms. The van der Waals surface area contributed by atoms with Gasteiger partial charge < -0.3 is 14.6 Å². The minimum Gasteiger partial charge on any atom is -0.372 e. The van der Waals surface area contributed by atoms with Gasteiger partial charge in [-0.3, -0.25) is 10.1 Å². The van der Waals surface area contributed by atoms with Crippen molar-refractivity contribution < 1.29 is 9.53 Å². The van der Waals surface area contributed by atoms with Gasteiger partial charge in [0.05, 0.1) is 12.2 Å². The van der Waals surface area contributed by atoms with E-state index in [1.165, 1.54) is 0 Å². The molecule has 0 bridgehead atoms. The smallest absolute Gasteiger partial charge is 0.276 e. The lowest BCUT2D eigenvalue weighted by molar-refractivity contribution is -0.115. The number of carbonyl (C=O) groups is 1. The Labute approximate surface area is 163 Å². The molecule has 2 aromatic heterocycles. The molecule has 2 atom stereocenters. The van der Waals surface area contributed by atoms with Crippen LogP contribution in [0.3, 0.4) is 0 Å². The number of amides is 1. The molecule has 26 heavy (non-hydrogen) atoms. The number of H-pyrrole nitrogens is 1. The third-order valence-corrected chi connectivity index (χ3v) is 4.18. The Hall–Kier alpha value is -2.09. The number of carbonyl (C=O) groups excluding carboxylic acids is 1. The van der Waals surface area contributed by atoms with Crippen LogP contribution in [0, 0.1) is 0 Å². The molecule has 1 amide bonds. The molecule has 2 N–H and O–H groups in total. The maximum absolute atomic E-state index is 12.3. The Morgan fingerprint density at radius 1 is 1.27 bits per heavy atom. The first kappa shape index (κ1) is 20.2. The van der Waals surface area contributed by atoms with Gasteiger partial charge in [-0.15, -0.1) is 24.8 Å². The number of halogens is 2. The molecular weight excluding hydrogens is 377 g/mol. The van der Waals surface area contributed by atoms with E-state index in [-0.39, 0.29) is 42.9 Å². The van der Waals surface area contributed by atoms with Crippen molar-refractivity contribution in [3.05, 3.63) is 35.8 Å². The lowest BCUT2D eigenvalue weighted by atomic mass is 10.2. The molecule has 0 radical (unpaired) electrons. The predicted octanol–water partition coefficient (Wildman–Crippen LogP) is 2.34. The van der Waals surface area contributed by atoms with Crippen LogP contribution in [-0.4, -0.2) is 52.0 Å². The van der Waals surface area contributed by atoms with E-state index in [2.05, 4.69) is 25.2 Å². The second kappa shape index (κ2) is 8.07. The van der Waals surface area contributed by atoms with E-state index in [9.17, 15) is 4.79 Å². The van der Waals surface area contributed by atoms with Gasteiger partial charge in [0, 0.05) is 36.4 Å². The van der Waals surface area contributed by atoms with E-state index in [0.717, 1.165) is 16.6 Å². The van der Waals surface area contributed by atoms with Crippen LogP contribution in [0.15, 0.2) is 35.2 Å². The van der Waals surface area contributed by atoms with Crippen molar-refractivity contribution in [2.45, 2.75) is 26.1 Å². The average molecular weight is 398 g/mol. The number of nitrogens with one attached hydrogen (secondary N) is 2. The second-order valence-electron chi connectivity index (χ2n) is 6.22. The highest BCUT2D eigenvalue weighted by Crippen LogP contribution is 2.21. The second-order valence-corrected chi connectivity index (χ2v) is 6.22. The zero-order chi connectivity index (χ0) is 16.7. The number of nitrogens with zero attached hydrogens (tertiary/aromatic N) is 3. The van der Waals surface area contributed by atoms with Gasteiger partial charge in [-0.05, 0) is 32.1 Å². The zero-order valence-corrected chi connectivity index (χ0v) is 16.1. The van der Waals surface area contributed by atoms with Gasteiger partial charge in [0.2, 0.25) is 5.96 Å². The fraction of sp³-hybridized carbons (Fsp3) is 0.353. The summed E-state index contributed by atoms with van der Waals surface area (Å²) < 4.78 is 5.73. The van der Waals surface area contributed by atoms with E-state index < -0.39 is 0 Å². The van der Waals surface area contributed by atoms with Crippen molar-refractivity contribution in [2.75, 3.05) is 13.1 Å². The molecule has 140 valence electrons. The first-order chi connectivity index (χ1) is 11.6. The lowest BCUT2D eigenvalue weighted by Crippen LogP contribution is -2.51. The monoisotopic (exact) mass is 397 g/mol. The van der Waals surface area contributed by atoms with E-state index in [0.29, 0.717) is 24.7 Å². The summed E-state index contributed by atoms with van der Waals surface area (Å²) in [6.07, 6.45) is 5.58. The van der Waals surface area contributed by atoms with Crippen molar-refractivity contribution in [1.82, 2.24) is 20.2 Å². The number of guanidine groups is 1. The van der Waals surface area contributed by atoms with Gasteiger partial charge in [0.1, 0.15) is 11.3 Å². The fourth-order valence-electron chi connectivity index (χ4n) is 3.20. The largest absolute Gasteiger partial charge is 0.372 e. The highest BCUT2D eigenvalue weighted by molar-refractivity contribution is 6.14. The molecular formula is C17H21Cl2N5O2. The minimum absolute atomic E-state index is 0. The average Bonchev–Trinajstić information content (AvgIpc) is 3.12. The molecule has 7 nitrogen and oxygen atoms in total. The standard InChI is InChI=1S/C17H19N5O2.2ClH/c1-10-8-22(9-11(2)24-10)17-20-14(16(23)21-17)6-12-7-19-15-13(12)4-3-5-18-15;;/h3-7,10-11H,8-9H2,1-2H3,(H,18,19)(H,20,21,23);2*1H. The van der Waals surface area contributed by atoms with E-state index in [1.807, 2.05) is 32.2 Å². The van der Waals surface area contributed by atoms with Gasteiger partial charge in [0.15, 0.2) is 0 Å². The summed E-state index contributed by atoms with van der Waals surface area (Å²) in [6.45, 7) is 5.48. The third kappa shape index (κ3) is 3.85. The lowest BCUT2D eigenvalue weighted by Gasteiger charge is -2.35. The molecule has 4 rings (SSSR count). The van der Waals surface area contributed by atoms with Gasteiger partial charge in [0.25, 0.3) is 5.91 Å².